The lowest BCUT2D eigenvalue weighted by molar-refractivity contribution is -0.355. The van der Waals surface area contributed by atoms with Crippen LogP contribution in [0.25, 0.3) is 0 Å². The summed E-state index contributed by atoms with van der Waals surface area (Å²) in [6, 6.07) is -0.986. The molecule has 3 aliphatic rings. The number of hydrogen-bond donors (Lipinski definition) is 11. The highest BCUT2D eigenvalue weighted by molar-refractivity contribution is 5.76. The molecule has 3 saturated heterocycles. The zero-order valence-corrected chi connectivity index (χ0v) is 25.2. The quantitative estimate of drug-likeness (QED) is 0.0883. The number of aliphatic carboxylic acids is 1. The number of carboxylic acid groups (broad SMARTS) is 1. The lowest BCUT2D eigenvalue weighted by Gasteiger charge is -2.48. The molecule has 0 aromatic carbocycles. The third kappa shape index (κ3) is 8.10. The van der Waals surface area contributed by atoms with E-state index in [-0.39, 0.29) is 6.42 Å². The molecule has 45 heavy (non-hydrogen) atoms. The zero-order chi connectivity index (χ0) is 33.8. The molecule has 0 radical (unpaired) electrons. The van der Waals surface area contributed by atoms with E-state index < -0.39 is 135 Å². The van der Waals surface area contributed by atoms with Gasteiger partial charge in [0.2, 0.25) is 5.91 Å². The van der Waals surface area contributed by atoms with Crippen LogP contribution in [-0.4, -0.2) is 174 Å². The number of rotatable bonds is 13. The Morgan fingerprint density at radius 1 is 0.933 bits per heavy atom. The van der Waals surface area contributed by atoms with Crippen molar-refractivity contribution in [1.82, 2.24) is 5.32 Å². The molecule has 5 unspecified atom stereocenters. The van der Waals surface area contributed by atoms with Crippen LogP contribution in [-0.2, 0) is 33.3 Å². The Hall–Kier alpha value is -1.62. The predicted molar refractivity (Wildman–Crippen MR) is 146 cm³/mol. The van der Waals surface area contributed by atoms with Crippen LogP contribution in [0.15, 0.2) is 0 Å². The molecule has 0 aromatic heterocycles. The van der Waals surface area contributed by atoms with Crippen molar-refractivity contribution >= 4 is 11.9 Å². The summed E-state index contributed by atoms with van der Waals surface area (Å²) in [6.07, 6.45) is -20.5. The number of hydrogen-bond acceptors (Lipinski definition) is 16. The fraction of sp³-hybridized carbons (Fsp3) is 0.926. The van der Waals surface area contributed by atoms with Crippen LogP contribution in [0.5, 0.6) is 0 Å². The molecule has 0 aromatic rings. The molecule has 3 aliphatic heterocycles. The van der Waals surface area contributed by atoms with Crippen LogP contribution in [0.1, 0.15) is 40.0 Å². The van der Waals surface area contributed by atoms with E-state index in [2.05, 4.69) is 5.32 Å². The van der Waals surface area contributed by atoms with Crippen LogP contribution in [0.2, 0.25) is 0 Å². The summed E-state index contributed by atoms with van der Waals surface area (Å²) in [7, 11) is 0. The number of nitrogens with one attached hydrogen (secondary N) is 1. The third-order valence-electron chi connectivity index (χ3n) is 8.65. The Morgan fingerprint density at radius 2 is 1.60 bits per heavy atom. The topological polar surface area (TPSA) is 295 Å². The van der Waals surface area contributed by atoms with Gasteiger partial charge in [-0.25, -0.2) is 4.79 Å². The van der Waals surface area contributed by atoms with Crippen LogP contribution in [0, 0.1) is 5.92 Å². The number of carbonyl (C=O) groups is 2. The number of amides is 1. The summed E-state index contributed by atoms with van der Waals surface area (Å²) >= 11 is 0. The van der Waals surface area contributed by atoms with E-state index in [1.807, 2.05) is 0 Å². The van der Waals surface area contributed by atoms with Crippen molar-refractivity contribution in [3.63, 3.8) is 0 Å². The first kappa shape index (κ1) is 37.8. The molecule has 262 valence electrons. The van der Waals surface area contributed by atoms with Gasteiger partial charge < -0.3 is 80.1 Å². The maximum atomic E-state index is 12.4. The van der Waals surface area contributed by atoms with E-state index in [0.717, 1.165) is 0 Å². The Balaban J connectivity index is 1.82. The Bertz CT molecular complexity index is 976. The van der Waals surface area contributed by atoms with Crippen LogP contribution >= 0.6 is 0 Å². The monoisotopic (exact) mass is 657 g/mol. The summed E-state index contributed by atoms with van der Waals surface area (Å²) in [5.41, 5.74) is 0. The fourth-order valence-corrected chi connectivity index (χ4v) is 6.10. The molecule has 0 spiro atoms. The second kappa shape index (κ2) is 16.0. The van der Waals surface area contributed by atoms with E-state index in [4.69, 9.17) is 23.7 Å². The number of ether oxygens (including phenoxy) is 5. The van der Waals surface area contributed by atoms with Crippen molar-refractivity contribution in [2.75, 3.05) is 19.8 Å². The van der Waals surface area contributed by atoms with Crippen LogP contribution < -0.4 is 5.32 Å². The molecule has 18 nitrogen and oxygen atoms in total. The SMILES string of the molecule is CCC1OC(CO)[C@@H](O[C@@H]2OC(CO[C@]3(C(=O)O)C[C@@H](O)[C@@H](CC)C([C@H](O)[C@H](O)CO)O3)[C@H](O)[C@H](O)C2O)[C@H](O)[C@@H]1NC(C)=O. The van der Waals surface area contributed by atoms with Crippen molar-refractivity contribution in [2.24, 2.45) is 5.92 Å². The summed E-state index contributed by atoms with van der Waals surface area (Å²) < 4.78 is 28.4. The molecule has 3 fully saturated rings. The van der Waals surface area contributed by atoms with Gasteiger partial charge in [-0.2, -0.15) is 0 Å². The van der Waals surface area contributed by atoms with Gasteiger partial charge in [-0.3, -0.25) is 4.79 Å². The fourth-order valence-electron chi connectivity index (χ4n) is 6.10. The van der Waals surface area contributed by atoms with Crippen LogP contribution in [0.4, 0.5) is 0 Å². The first-order chi connectivity index (χ1) is 21.2. The maximum Gasteiger partial charge on any atom is 0.364 e. The van der Waals surface area contributed by atoms with Gasteiger partial charge in [0, 0.05) is 19.3 Å². The molecule has 11 N–H and O–H groups in total. The lowest BCUT2D eigenvalue weighted by atomic mass is 9.82. The second-order valence-electron chi connectivity index (χ2n) is 11.7. The number of carboxylic acids is 1. The number of aliphatic hydroxyl groups excluding tert-OH is 9. The van der Waals surface area contributed by atoms with E-state index in [1.54, 1.807) is 13.8 Å². The van der Waals surface area contributed by atoms with Gasteiger partial charge >= 0.3 is 5.97 Å². The summed E-state index contributed by atoms with van der Waals surface area (Å²) in [4.78, 5) is 24.2. The average molecular weight is 658 g/mol. The standard InChI is InChI=1S/C27H47NO17/c1-4-11-12(32)6-27(26(39)40,45-23(11)18(34)13(33)7-29)41-9-16-19(35)21(37)22(38)25(43-16)44-24-15(8-30)42-14(5-2)17(20(24)36)28-10(3)31/h11-25,29-30,32-38H,4-9H2,1-3H3,(H,28,31)(H,39,40)/t11-,12-,13-,14?,15?,16?,17-,18-,19+,20-,21+,22?,23?,24-,25+,27-/m1/s1. The number of carbonyl (C=O) groups excluding carboxylic acids is 1. The summed E-state index contributed by atoms with van der Waals surface area (Å²) in [6.45, 7) is 2.21. The molecule has 16 atom stereocenters. The second-order valence-corrected chi connectivity index (χ2v) is 11.7. The van der Waals surface area contributed by atoms with Gasteiger partial charge in [0.15, 0.2) is 6.29 Å². The van der Waals surface area contributed by atoms with E-state index >= 15 is 0 Å². The van der Waals surface area contributed by atoms with Crippen molar-refractivity contribution in [1.29, 1.82) is 0 Å². The molecule has 3 heterocycles. The highest BCUT2D eigenvalue weighted by Crippen LogP contribution is 2.39. The van der Waals surface area contributed by atoms with E-state index in [1.165, 1.54) is 6.92 Å². The van der Waals surface area contributed by atoms with E-state index in [9.17, 15) is 60.7 Å². The summed E-state index contributed by atoms with van der Waals surface area (Å²) in [5.74, 6) is -5.74. The first-order valence-corrected chi connectivity index (χ1v) is 14.9. The largest absolute Gasteiger partial charge is 0.477 e. The van der Waals surface area contributed by atoms with Gasteiger partial charge in [0.1, 0.15) is 54.9 Å². The van der Waals surface area contributed by atoms with Gasteiger partial charge in [0.25, 0.3) is 5.79 Å². The predicted octanol–water partition coefficient (Wildman–Crippen LogP) is -5.10. The highest BCUT2D eigenvalue weighted by Gasteiger charge is 2.56. The van der Waals surface area contributed by atoms with Gasteiger partial charge in [-0.15, -0.1) is 0 Å². The third-order valence-corrected chi connectivity index (χ3v) is 8.65. The normalized spacial score (nSPS) is 43.8. The average Bonchev–Trinajstić information content (AvgIpc) is 3.00. The molecule has 1 amide bonds. The molecule has 0 saturated carbocycles. The van der Waals surface area contributed by atoms with Crippen molar-refractivity contribution in [2.45, 2.75) is 131 Å². The smallest absolute Gasteiger partial charge is 0.364 e. The minimum absolute atomic E-state index is 0.192. The molecular weight excluding hydrogens is 610 g/mol. The Labute approximate surface area is 259 Å². The van der Waals surface area contributed by atoms with Gasteiger partial charge in [-0.1, -0.05) is 13.8 Å². The molecule has 0 bridgehead atoms. The first-order valence-electron chi connectivity index (χ1n) is 14.9. The summed E-state index contributed by atoms with van der Waals surface area (Å²) in [5, 5.41) is 106. The van der Waals surface area contributed by atoms with Crippen molar-refractivity contribution in [3.8, 4) is 0 Å². The van der Waals surface area contributed by atoms with Gasteiger partial charge in [0.05, 0.1) is 44.2 Å². The Kier molecular flexibility index (Phi) is 13.4. The highest BCUT2D eigenvalue weighted by atomic mass is 16.7. The zero-order valence-electron chi connectivity index (χ0n) is 25.2. The molecule has 3 rings (SSSR count). The molecule has 0 aliphatic carbocycles. The maximum absolute atomic E-state index is 12.4. The number of aliphatic hydroxyl groups is 9. The van der Waals surface area contributed by atoms with Crippen molar-refractivity contribution in [3.05, 3.63) is 0 Å². The molecular formula is C27H47NO17. The minimum atomic E-state index is -2.65. The Morgan fingerprint density at radius 3 is 2.13 bits per heavy atom. The van der Waals surface area contributed by atoms with Crippen LogP contribution in [0.3, 0.4) is 0 Å². The van der Waals surface area contributed by atoms with Crippen molar-refractivity contribution < 1.29 is 84.3 Å². The van der Waals surface area contributed by atoms with Gasteiger partial charge in [-0.05, 0) is 12.8 Å². The minimum Gasteiger partial charge on any atom is -0.477 e. The molecule has 18 heteroatoms. The lowest BCUT2D eigenvalue weighted by Crippen LogP contribution is -2.67. The van der Waals surface area contributed by atoms with E-state index in [0.29, 0.717) is 6.42 Å².